The van der Waals surface area contributed by atoms with E-state index in [9.17, 15) is 13.2 Å². The molecule has 2 aromatic heterocycles. The van der Waals surface area contributed by atoms with Gasteiger partial charge in [0.15, 0.2) is 0 Å². The van der Waals surface area contributed by atoms with E-state index in [-0.39, 0.29) is 11.8 Å². The number of aromatic amines is 1. The average molecular weight is 372 g/mol. The molecule has 3 aromatic rings. The standard InChI is InChI=1S/C20H19F3N4/c21-20(22,23)17-3-1-13(2-4-17)15-9-16(12-25-11-15)19-10-18(26-27-19)14-5-7-24-8-6-14/h1-8,10,15-16,25H,9,11-12H2,(H,26,27). The van der Waals surface area contributed by atoms with Crippen molar-refractivity contribution in [2.24, 2.45) is 0 Å². The molecule has 3 heterocycles. The number of nitrogens with zero attached hydrogens (tertiary/aromatic N) is 2. The van der Waals surface area contributed by atoms with Gasteiger partial charge in [-0.2, -0.15) is 18.3 Å². The summed E-state index contributed by atoms with van der Waals surface area (Å²) in [6, 6.07) is 11.4. The predicted molar refractivity (Wildman–Crippen MR) is 96.2 cm³/mol. The number of nitrogens with one attached hydrogen (secondary N) is 2. The van der Waals surface area contributed by atoms with Gasteiger partial charge in [-0.1, -0.05) is 12.1 Å². The fourth-order valence-electron chi connectivity index (χ4n) is 3.59. The Morgan fingerprint density at radius 2 is 1.63 bits per heavy atom. The summed E-state index contributed by atoms with van der Waals surface area (Å²) >= 11 is 0. The van der Waals surface area contributed by atoms with E-state index in [1.807, 2.05) is 18.2 Å². The zero-order chi connectivity index (χ0) is 18.9. The van der Waals surface area contributed by atoms with Crippen LogP contribution in [0.5, 0.6) is 0 Å². The molecular formula is C20H19F3N4. The maximum atomic E-state index is 12.8. The zero-order valence-corrected chi connectivity index (χ0v) is 14.5. The lowest BCUT2D eigenvalue weighted by Crippen LogP contribution is -2.34. The number of hydrogen-bond donors (Lipinski definition) is 2. The maximum Gasteiger partial charge on any atom is 0.416 e. The molecule has 140 valence electrons. The number of halogens is 3. The van der Waals surface area contributed by atoms with Crippen molar-refractivity contribution in [2.45, 2.75) is 24.4 Å². The van der Waals surface area contributed by atoms with Gasteiger partial charge in [0.1, 0.15) is 0 Å². The molecule has 2 atom stereocenters. The van der Waals surface area contributed by atoms with Crippen LogP contribution in [0.25, 0.3) is 11.3 Å². The zero-order valence-electron chi connectivity index (χ0n) is 14.5. The molecule has 2 unspecified atom stereocenters. The molecular weight excluding hydrogens is 353 g/mol. The summed E-state index contributed by atoms with van der Waals surface area (Å²) < 4.78 is 38.3. The fourth-order valence-corrected chi connectivity index (χ4v) is 3.59. The highest BCUT2D eigenvalue weighted by Crippen LogP contribution is 2.35. The van der Waals surface area contributed by atoms with E-state index in [1.165, 1.54) is 0 Å². The summed E-state index contributed by atoms with van der Waals surface area (Å²) in [6.45, 7) is 1.57. The third-order valence-corrected chi connectivity index (χ3v) is 5.07. The highest BCUT2D eigenvalue weighted by molar-refractivity contribution is 5.58. The minimum atomic E-state index is -4.30. The molecule has 0 saturated carbocycles. The second-order valence-corrected chi connectivity index (χ2v) is 6.85. The quantitative estimate of drug-likeness (QED) is 0.719. The molecule has 4 nitrogen and oxygen atoms in total. The second-order valence-electron chi connectivity index (χ2n) is 6.85. The van der Waals surface area contributed by atoms with Crippen LogP contribution in [0.2, 0.25) is 0 Å². The molecule has 1 aromatic carbocycles. The first-order valence-electron chi connectivity index (χ1n) is 8.84. The number of aromatic nitrogens is 3. The molecule has 4 rings (SSSR count). The molecule has 7 heteroatoms. The maximum absolute atomic E-state index is 12.8. The highest BCUT2D eigenvalue weighted by atomic mass is 19.4. The van der Waals surface area contributed by atoms with Gasteiger partial charge in [0.05, 0.1) is 11.3 Å². The molecule has 0 radical (unpaired) electrons. The molecule has 1 aliphatic rings. The van der Waals surface area contributed by atoms with E-state index >= 15 is 0 Å². The van der Waals surface area contributed by atoms with Gasteiger partial charge >= 0.3 is 6.18 Å². The average Bonchev–Trinajstić information content (AvgIpc) is 3.19. The lowest BCUT2D eigenvalue weighted by atomic mass is 9.84. The number of pyridine rings is 1. The van der Waals surface area contributed by atoms with Crippen LogP contribution in [-0.2, 0) is 6.18 Å². The van der Waals surface area contributed by atoms with Gasteiger partial charge in [0.25, 0.3) is 0 Å². The Labute approximate surface area is 154 Å². The summed E-state index contributed by atoms with van der Waals surface area (Å²) in [6.07, 6.45) is 0.0144. The Hall–Kier alpha value is -2.67. The van der Waals surface area contributed by atoms with Crippen LogP contribution in [0.1, 0.15) is 35.1 Å². The van der Waals surface area contributed by atoms with Gasteiger partial charge in [-0.05, 0) is 48.2 Å². The van der Waals surface area contributed by atoms with E-state index in [0.717, 1.165) is 54.2 Å². The van der Waals surface area contributed by atoms with Crippen molar-refractivity contribution in [3.8, 4) is 11.3 Å². The molecule has 1 aliphatic heterocycles. The van der Waals surface area contributed by atoms with Crippen LogP contribution >= 0.6 is 0 Å². The Morgan fingerprint density at radius 1 is 0.926 bits per heavy atom. The summed E-state index contributed by atoms with van der Waals surface area (Å²) in [7, 11) is 0. The highest BCUT2D eigenvalue weighted by Gasteiger charge is 2.31. The number of piperidine rings is 1. The van der Waals surface area contributed by atoms with Crippen molar-refractivity contribution < 1.29 is 13.2 Å². The molecule has 27 heavy (non-hydrogen) atoms. The van der Waals surface area contributed by atoms with Gasteiger partial charge in [-0.15, -0.1) is 0 Å². The summed E-state index contributed by atoms with van der Waals surface area (Å²) in [4.78, 5) is 4.01. The van der Waals surface area contributed by atoms with Crippen molar-refractivity contribution in [2.75, 3.05) is 13.1 Å². The SMILES string of the molecule is FC(F)(F)c1ccc(C2CNCC(c3cc(-c4ccncc4)n[nH]3)C2)cc1. The normalized spacial score (nSPS) is 20.6. The van der Waals surface area contributed by atoms with Gasteiger partial charge < -0.3 is 5.32 Å². The number of benzene rings is 1. The third kappa shape index (κ3) is 3.88. The minimum Gasteiger partial charge on any atom is -0.315 e. The molecule has 2 N–H and O–H groups in total. The Bertz CT molecular complexity index is 888. The van der Waals surface area contributed by atoms with Gasteiger partial charge in [-0.25, -0.2) is 0 Å². The summed E-state index contributed by atoms with van der Waals surface area (Å²) in [5.41, 5.74) is 3.21. The van der Waals surface area contributed by atoms with Crippen molar-refractivity contribution in [1.29, 1.82) is 0 Å². The topological polar surface area (TPSA) is 53.6 Å². The van der Waals surface area contributed by atoms with E-state index in [4.69, 9.17) is 0 Å². The number of H-pyrrole nitrogens is 1. The van der Waals surface area contributed by atoms with Crippen LogP contribution in [-0.4, -0.2) is 28.3 Å². The molecule has 0 aliphatic carbocycles. The fraction of sp³-hybridized carbons (Fsp3) is 0.300. The van der Waals surface area contributed by atoms with Gasteiger partial charge in [-0.3, -0.25) is 10.1 Å². The van der Waals surface area contributed by atoms with Crippen LogP contribution in [0.15, 0.2) is 54.9 Å². The second kappa shape index (κ2) is 7.15. The largest absolute Gasteiger partial charge is 0.416 e. The van der Waals surface area contributed by atoms with Crippen molar-refractivity contribution >= 4 is 0 Å². The smallest absolute Gasteiger partial charge is 0.315 e. The Morgan fingerprint density at radius 3 is 2.33 bits per heavy atom. The van der Waals surface area contributed by atoms with Crippen LogP contribution in [0.4, 0.5) is 13.2 Å². The van der Waals surface area contributed by atoms with Crippen molar-refractivity contribution in [3.63, 3.8) is 0 Å². The first kappa shape index (κ1) is 17.7. The summed E-state index contributed by atoms with van der Waals surface area (Å²) in [5.74, 6) is 0.396. The first-order chi connectivity index (χ1) is 13.0. The molecule has 0 bridgehead atoms. The third-order valence-electron chi connectivity index (χ3n) is 5.07. The lowest BCUT2D eigenvalue weighted by molar-refractivity contribution is -0.137. The van der Waals surface area contributed by atoms with Crippen molar-refractivity contribution in [1.82, 2.24) is 20.5 Å². The minimum absolute atomic E-state index is 0.165. The molecule has 0 spiro atoms. The molecule has 1 fully saturated rings. The predicted octanol–water partition coefficient (Wildman–Crippen LogP) is 4.35. The molecule has 1 saturated heterocycles. The summed E-state index contributed by atoms with van der Waals surface area (Å²) in [5, 5.41) is 10.9. The van der Waals surface area contributed by atoms with Crippen LogP contribution in [0.3, 0.4) is 0 Å². The first-order valence-corrected chi connectivity index (χ1v) is 8.84. The van der Waals surface area contributed by atoms with Gasteiger partial charge in [0, 0.05) is 42.7 Å². The number of rotatable bonds is 3. The Balaban J connectivity index is 1.49. The lowest BCUT2D eigenvalue weighted by Gasteiger charge is -2.29. The van der Waals surface area contributed by atoms with Crippen molar-refractivity contribution in [3.05, 3.63) is 71.7 Å². The number of hydrogen-bond acceptors (Lipinski definition) is 3. The Kier molecular flexibility index (Phi) is 4.70. The van der Waals surface area contributed by atoms with E-state index < -0.39 is 11.7 Å². The number of alkyl halides is 3. The molecule has 0 amide bonds. The van der Waals surface area contributed by atoms with E-state index in [0.29, 0.717) is 0 Å². The van der Waals surface area contributed by atoms with E-state index in [1.54, 1.807) is 24.5 Å². The van der Waals surface area contributed by atoms with Crippen LogP contribution < -0.4 is 5.32 Å². The van der Waals surface area contributed by atoms with Gasteiger partial charge in [0.2, 0.25) is 0 Å². The van der Waals surface area contributed by atoms with Crippen LogP contribution in [0, 0.1) is 0 Å². The van der Waals surface area contributed by atoms with E-state index in [2.05, 4.69) is 20.5 Å². The monoisotopic (exact) mass is 372 g/mol.